The molecule has 1 unspecified atom stereocenters. The van der Waals surface area contributed by atoms with Gasteiger partial charge in [0.25, 0.3) is 0 Å². The zero-order chi connectivity index (χ0) is 24.8. The van der Waals surface area contributed by atoms with Crippen LogP contribution in [0, 0.1) is 0 Å². The molecular weight excluding hydrogens is 452 g/mol. The molecule has 0 bridgehead atoms. The number of ether oxygens (including phenoxy) is 3. The molecule has 2 N–H and O–H groups in total. The number of rotatable bonds is 11. The topological polar surface area (TPSA) is 114 Å². The van der Waals surface area contributed by atoms with E-state index in [1.165, 1.54) is 0 Å². The molecule has 1 fully saturated rings. The number of amides is 2. The second kappa shape index (κ2) is 11.3. The number of carbonyl (C=O) groups is 3. The third-order valence-corrected chi connectivity index (χ3v) is 6.38. The van der Waals surface area contributed by atoms with Crippen molar-refractivity contribution in [2.75, 3.05) is 40.0 Å². The van der Waals surface area contributed by atoms with Crippen molar-refractivity contribution in [3.05, 3.63) is 59.7 Å². The molecule has 1 saturated heterocycles. The summed E-state index contributed by atoms with van der Waals surface area (Å²) in [4.78, 5) is 37.9. The molecule has 186 valence electrons. The smallest absolute Gasteiger partial charge is 0.407 e. The van der Waals surface area contributed by atoms with Gasteiger partial charge < -0.3 is 29.5 Å². The van der Waals surface area contributed by atoms with Crippen molar-refractivity contribution in [2.24, 2.45) is 0 Å². The summed E-state index contributed by atoms with van der Waals surface area (Å²) in [5.41, 5.74) is 4.51. The highest BCUT2D eigenvalue weighted by atomic mass is 16.5. The van der Waals surface area contributed by atoms with Crippen LogP contribution in [0.3, 0.4) is 0 Å². The zero-order valence-electron chi connectivity index (χ0n) is 19.6. The van der Waals surface area contributed by atoms with Crippen LogP contribution < -0.4 is 5.32 Å². The first-order chi connectivity index (χ1) is 17.0. The minimum atomic E-state index is -1.05. The van der Waals surface area contributed by atoms with Gasteiger partial charge in [0.1, 0.15) is 19.3 Å². The summed E-state index contributed by atoms with van der Waals surface area (Å²) >= 11 is 0. The first-order valence-electron chi connectivity index (χ1n) is 11.7. The molecule has 35 heavy (non-hydrogen) atoms. The maximum absolute atomic E-state index is 13.0. The molecule has 1 atom stereocenters. The number of likely N-dealkylation sites (tertiary alicyclic amines) is 1. The van der Waals surface area contributed by atoms with Gasteiger partial charge in [-0.3, -0.25) is 4.79 Å². The number of alkyl carbamates (subject to hydrolysis) is 1. The summed E-state index contributed by atoms with van der Waals surface area (Å²) in [5.74, 6) is -1.37. The van der Waals surface area contributed by atoms with Gasteiger partial charge in [-0.15, -0.1) is 0 Å². The van der Waals surface area contributed by atoms with Crippen LogP contribution >= 0.6 is 0 Å². The van der Waals surface area contributed by atoms with E-state index in [0.29, 0.717) is 32.5 Å². The molecule has 2 aliphatic rings. The van der Waals surface area contributed by atoms with Crippen molar-refractivity contribution >= 4 is 18.0 Å². The number of hydrogen-bond acceptors (Lipinski definition) is 6. The van der Waals surface area contributed by atoms with Gasteiger partial charge in [-0.25, -0.2) is 9.59 Å². The maximum atomic E-state index is 13.0. The van der Waals surface area contributed by atoms with Crippen LogP contribution in [0.15, 0.2) is 48.5 Å². The molecule has 1 aliphatic heterocycles. The predicted octanol–water partition coefficient (Wildman–Crippen LogP) is 2.63. The zero-order valence-corrected chi connectivity index (χ0v) is 19.6. The molecule has 0 spiro atoms. The summed E-state index contributed by atoms with van der Waals surface area (Å²) in [6.07, 6.45) is 0.0168. The summed E-state index contributed by atoms with van der Waals surface area (Å²) < 4.78 is 15.9. The van der Waals surface area contributed by atoms with Gasteiger partial charge in [-0.1, -0.05) is 48.5 Å². The van der Waals surface area contributed by atoms with Gasteiger partial charge in [-0.2, -0.15) is 0 Å². The second-order valence-electron chi connectivity index (χ2n) is 8.73. The lowest BCUT2D eigenvalue weighted by molar-refractivity contribution is -0.155. The average Bonchev–Trinajstić information content (AvgIpc) is 3.14. The second-order valence-corrected chi connectivity index (χ2v) is 8.73. The van der Waals surface area contributed by atoms with E-state index < -0.39 is 24.7 Å². The average molecular weight is 483 g/mol. The lowest BCUT2D eigenvalue weighted by Crippen LogP contribution is -2.60. The number of aliphatic carboxylic acids is 1. The SMILES string of the molecule is COCCCC(NC(=O)OCC1c2ccccc2-c2ccccc21)C(=O)N1CC(OCC(=O)O)C1. The Balaban J connectivity index is 1.34. The van der Waals surface area contributed by atoms with Crippen LogP contribution in [0.1, 0.15) is 29.9 Å². The van der Waals surface area contributed by atoms with Crippen LogP contribution in [-0.2, 0) is 23.8 Å². The molecule has 4 rings (SSSR count). The molecule has 9 nitrogen and oxygen atoms in total. The number of benzene rings is 2. The normalized spacial score (nSPS) is 15.6. The standard InChI is InChI=1S/C26H30N2O7/c1-33-12-6-11-23(25(31)28-13-17(14-28)34-16-24(29)30)27-26(32)35-15-22-20-9-4-2-7-18(20)19-8-3-5-10-21(19)22/h2-5,7-10,17,22-23H,6,11-16H2,1H3,(H,27,32)(H,29,30). The number of carbonyl (C=O) groups excluding carboxylic acids is 2. The molecule has 0 saturated carbocycles. The van der Waals surface area contributed by atoms with Crippen molar-refractivity contribution in [2.45, 2.75) is 30.9 Å². The van der Waals surface area contributed by atoms with Crippen LogP contribution in [0.5, 0.6) is 0 Å². The lowest BCUT2D eigenvalue weighted by atomic mass is 9.98. The molecule has 1 aliphatic carbocycles. The van der Waals surface area contributed by atoms with Gasteiger partial charge in [0.15, 0.2) is 0 Å². The molecular formula is C26H30N2O7. The van der Waals surface area contributed by atoms with Crippen molar-refractivity contribution in [1.82, 2.24) is 10.2 Å². The fourth-order valence-corrected chi connectivity index (χ4v) is 4.60. The lowest BCUT2D eigenvalue weighted by Gasteiger charge is -2.40. The fourth-order valence-electron chi connectivity index (χ4n) is 4.60. The van der Waals surface area contributed by atoms with Crippen molar-refractivity contribution in [3.8, 4) is 11.1 Å². The van der Waals surface area contributed by atoms with E-state index in [9.17, 15) is 14.4 Å². The minimum Gasteiger partial charge on any atom is -0.480 e. The van der Waals surface area contributed by atoms with E-state index in [2.05, 4.69) is 17.4 Å². The number of carboxylic acid groups (broad SMARTS) is 1. The Morgan fingerprint density at radius 1 is 1.06 bits per heavy atom. The van der Waals surface area contributed by atoms with Crippen LogP contribution in [-0.4, -0.2) is 80.1 Å². The van der Waals surface area contributed by atoms with E-state index >= 15 is 0 Å². The minimum absolute atomic E-state index is 0.0710. The molecule has 1 heterocycles. The van der Waals surface area contributed by atoms with E-state index in [-0.39, 0.29) is 24.5 Å². The molecule has 9 heteroatoms. The van der Waals surface area contributed by atoms with Crippen LogP contribution in [0.4, 0.5) is 4.79 Å². The Labute approximate surface area is 204 Å². The summed E-state index contributed by atoms with van der Waals surface area (Å²) in [7, 11) is 1.58. The largest absolute Gasteiger partial charge is 0.480 e. The number of methoxy groups -OCH3 is 1. The number of carboxylic acids is 1. The van der Waals surface area contributed by atoms with E-state index in [1.54, 1.807) is 12.0 Å². The third kappa shape index (κ3) is 5.80. The highest BCUT2D eigenvalue weighted by Gasteiger charge is 2.36. The predicted molar refractivity (Wildman–Crippen MR) is 127 cm³/mol. The fraction of sp³-hybridized carbons (Fsp3) is 0.423. The van der Waals surface area contributed by atoms with Crippen LogP contribution in [0.25, 0.3) is 11.1 Å². The quantitative estimate of drug-likeness (QED) is 0.473. The van der Waals surface area contributed by atoms with Gasteiger partial charge in [0, 0.05) is 32.7 Å². The van der Waals surface area contributed by atoms with Crippen molar-refractivity contribution < 1.29 is 33.7 Å². The molecule has 0 aromatic heterocycles. The first kappa shape index (κ1) is 24.7. The Morgan fingerprint density at radius 3 is 2.29 bits per heavy atom. The Kier molecular flexibility index (Phi) is 7.99. The number of fused-ring (bicyclic) bond motifs is 3. The molecule has 2 amide bonds. The Hall–Kier alpha value is -3.43. The number of nitrogens with zero attached hydrogens (tertiary/aromatic N) is 1. The van der Waals surface area contributed by atoms with E-state index in [0.717, 1.165) is 22.3 Å². The van der Waals surface area contributed by atoms with E-state index in [1.807, 2.05) is 36.4 Å². The van der Waals surface area contributed by atoms with Gasteiger partial charge >= 0.3 is 12.1 Å². The number of hydrogen-bond donors (Lipinski definition) is 2. The van der Waals surface area contributed by atoms with Gasteiger partial charge in [0.05, 0.1) is 6.10 Å². The van der Waals surface area contributed by atoms with E-state index in [4.69, 9.17) is 19.3 Å². The van der Waals surface area contributed by atoms with Crippen molar-refractivity contribution in [1.29, 1.82) is 0 Å². The maximum Gasteiger partial charge on any atom is 0.407 e. The highest BCUT2D eigenvalue weighted by Crippen LogP contribution is 2.44. The van der Waals surface area contributed by atoms with Crippen molar-refractivity contribution in [3.63, 3.8) is 0 Å². The Bertz CT molecular complexity index is 1020. The van der Waals surface area contributed by atoms with Crippen LogP contribution in [0.2, 0.25) is 0 Å². The Morgan fingerprint density at radius 2 is 1.69 bits per heavy atom. The first-order valence-corrected chi connectivity index (χ1v) is 11.7. The van der Waals surface area contributed by atoms with Gasteiger partial charge in [-0.05, 0) is 35.1 Å². The summed E-state index contributed by atoms with van der Waals surface area (Å²) in [6, 6.07) is 15.4. The monoisotopic (exact) mass is 482 g/mol. The summed E-state index contributed by atoms with van der Waals surface area (Å²) in [5, 5.41) is 11.4. The highest BCUT2D eigenvalue weighted by molar-refractivity contribution is 5.86. The van der Waals surface area contributed by atoms with Gasteiger partial charge in [0.2, 0.25) is 5.91 Å². The number of nitrogens with one attached hydrogen (secondary N) is 1. The summed E-state index contributed by atoms with van der Waals surface area (Å²) in [6.45, 7) is 0.800. The third-order valence-electron chi connectivity index (χ3n) is 6.38. The molecule has 0 radical (unpaired) electrons. The molecule has 2 aromatic rings. The molecule has 2 aromatic carbocycles.